The van der Waals surface area contributed by atoms with E-state index in [0.29, 0.717) is 6.42 Å². The Balaban J connectivity index is 4.54. The number of rotatable bonds is 4. The predicted molar refractivity (Wildman–Crippen MR) is 50.9 cm³/mol. The molecule has 1 N–H and O–H groups in total. The van der Waals surface area contributed by atoms with Gasteiger partial charge in [0.1, 0.15) is 5.54 Å². The number of hydrogen-bond acceptors (Lipinski definition) is 4. The van der Waals surface area contributed by atoms with Crippen molar-refractivity contribution in [3.8, 4) is 0 Å². The molecule has 1 amide bonds. The largest absolute Gasteiger partial charge is 0.467 e. The minimum absolute atomic E-state index is 0.468. The van der Waals surface area contributed by atoms with E-state index in [1.54, 1.807) is 6.92 Å². The molecule has 5 nitrogen and oxygen atoms in total. The monoisotopic (exact) mass is 203 g/mol. The van der Waals surface area contributed by atoms with Crippen LogP contribution in [0.1, 0.15) is 26.7 Å². The molecule has 0 rings (SSSR count). The van der Waals surface area contributed by atoms with E-state index in [9.17, 15) is 9.59 Å². The summed E-state index contributed by atoms with van der Waals surface area (Å²) in [5, 5.41) is 2.46. The van der Waals surface area contributed by atoms with Crippen LogP contribution in [0, 0.1) is 0 Å². The van der Waals surface area contributed by atoms with Crippen molar-refractivity contribution in [3.63, 3.8) is 0 Å². The molecule has 14 heavy (non-hydrogen) atoms. The number of methoxy groups -OCH3 is 2. The maximum atomic E-state index is 11.4. The number of amides is 1. The molecule has 0 aromatic carbocycles. The normalized spacial score (nSPS) is 14.0. The van der Waals surface area contributed by atoms with Gasteiger partial charge in [-0.05, 0) is 13.3 Å². The number of nitrogens with one attached hydrogen (secondary N) is 1. The van der Waals surface area contributed by atoms with Crippen molar-refractivity contribution >= 4 is 12.1 Å². The Morgan fingerprint density at radius 1 is 1.29 bits per heavy atom. The SMILES string of the molecule is CCCC(C)(NC(=O)OC)C(=O)OC. The molecule has 0 aliphatic rings. The van der Waals surface area contributed by atoms with E-state index in [1.165, 1.54) is 14.2 Å². The number of alkyl carbamates (subject to hydrolysis) is 1. The van der Waals surface area contributed by atoms with Crippen LogP contribution in [0.2, 0.25) is 0 Å². The Morgan fingerprint density at radius 2 is 1.86 bits per heavy atom. The molecular weight excluding hydrogens is 186 g/mol. The molecule has 0 saturated carbocycles. The number of ether oxygens (including phenoxy) is 2. The van der Waals surface area contributed by atoms with Gasteiger partial charge in [-0.25, -0.2) is 9.59 Å². The average molecular weight is 203 g/mol. The number of esters is 1. The van der Waals surface area contributed by atoms with Crippen LogP contribution in [0.15, 0.2) is 0 Å². The molecule has 0 aromatic heterocycles. The topological polar surface area (TPSA) is 64.6 Å². The van der Waals surface area contributed by atoms with Crippen LogP contribution in [0.4, 0.5) is 4.79 Å². The zero-order chi connectivity index (χ0) is 11.2. The lowest BCUT2D eigenvalue weighted by Gasteiger charge is -2.26. The van der Waals surface area contributed by atoms with Crippen molar-refractivity contribution in [3.05, 3.63) is 0 Å². The van der Waals surface area contributed by atoms with Crippen molar-refractivity contribution in [1.82, 2.24) is 5.32 Å². The first-order chi connectivity index (χ1) is 6.50. The van der Waals surface area contributed by atoms with E-state index in [2.05, 4.69) is 14.8 Å². The van der Waals surface area contributed by atoms with Crippen LogP contribution >= 0.6 is 0 Å². The van der Waals surface area contributed by atoms with Gasteiger partial charge >= 0.3 is 12.1 Å². The van der Waals surface area contributed by atoms with E-state index in [0.717, 1.165) is 6.42 Å². The smallest absolute Gasteiger partial charge is 0.407 e. The van der Waals surface area contributed by atoms with Crippen molar-refractivity contribution < 1.29 is 19.1 Å². The number of hydrogen-bond donors (Lipinski definition) is 1. The Morgan fingerprint density at radius 3 is 2.21 bits per heavy atom. The van der Waals surface area contributed by atoms with Gasteiger partial charge in [-0.1, -0.05) is 13.3 Å². The summed E-state index contributed by atoms with van der Waals surface area (Å²) in [7, 11) is 2.54. The summed E-state index contributed by atoms with van der Waals surface area (Å²) in [6.45, 7) is 3.53. The van der Waals surface area contributed by atoms with Crippen LogP contribution in [0.3, 0.4) is 0 Å². The summed E-state index contributed by atoms with van der Waals surface area (Å²) in [5.74, 6) is -0.468. The Bertz CT molecular complexity index is 217. The first-order valence-corrected chi connectivity index (χ1v) is 4.44. The van der Waals surface area contributed by atoms with Gasteiger partial charge in [0.2, 0.25) is 0 Å². The fraction of sp³-hybridized carbons (Fsp3) is 0.778. The predicted octanol–water partition coefficient (Wildman–Crippen LogP) is 1.07. The maximum Gasteiger partial charge on any atom is 0.407 e. The van der Waals surface area contributed by atoms with Gasteiger partial charge in [0, 0.05) is 0 Å². The third-order valence-electron chi connectivity index (χ3n) is 1.95. The molecule has 5 heteroatoms. The Labute approximate surface area is 83.8 Å². The quantitative estimate of drug-likeness (QED) is 0.694. The highest BCUT2D eigenvalue weighted by Crippen LogP contribution is 2.14. The van der Waals surface area contributed by atoms with Crippen molar-refractivity contribution in [2.24, 2.45) is 0 Å². The molecule has 0 radical (unpaired) electrons. The van der Waals surface area contributed by atoms with Gasteiger partial charge < -0.3 is 14.8 Å². The van der Waals surface area contributed by atoms with Crippen LogP contribution < -0.4 is 5.32 Å². The van der Waals surface area contributed by atoms with Gasteiger partial charge in [-0.15, -0.1) is 0 Å². The van der Waals surface area contributed by atoms with Crippen molar-refractivity contribution in [2.75, 3.05) is 14.2 Å². The van der Waals surface area contributed by atoms with Crippen molar-refractivity contribution in [2.45, 2.75) is 32.2 Å². The number of carbonyl (C=O) groups is 2. The standard InChI is InChI=1S/C9H17NO4/c1-5-6-9(2,7(11)13-3)10-8(12)14-4/h5-6H2,1-4H3,(H,10,12). The molecule has 0 saturated heterocycles. The van der Waals surface area contributed by atoms with E-state index < -0.39 is 17.6 Å². The van der Waals surface area contributed by atoms with E-state index in [4.69, 9.17) is 0 Å². The molecular formula is C9H17NO4. The fourth-order valence-corrected chi connectivity index (χ4v) is 1.22. The zero-order valence-corrected chi connectivity index (χ0v) is 9.05. The summed E-state index contributed by atoms with van der Waals surface area (Å²) in [5.41, 5.74) is -1.00. The Kier molecular flexibility index (Phi) is 4.97. The van der Waals surface area contributed by atoms with Gasteiger partial charge in [-0.2, -0.15) is 0 Å². The molecule has 0 heterocycles. The van der Waals surface area contributed by atoms with Gasteiger partial charge in [0.05, 0.1) is 14.2 Å². The van der Waals surface area contributed by atoms with Crippen molar-refractivity contribution in [1.29, 1.82) is 0 Å². The first kappa shape index (κ1) is 12.7. The minimum Gasteiger partial charge on any atom is -0.467 e. The van der Waals surface area contributed by atoms with Crippen LogP contribution in [-0.2, 0) is 14.3 Å². The maximum absolute atomic E-state index is 11.4. The molecule has 0 fully saturated rings. The molecule has 1 unspecified atom stereocenters. The molecule has 0 aliphatic heterocycles. The summed E-state index contributed by atoms with van der Waals surface area (Å²) in [6, 6.07) is 0. The van der Waals surface area contributed by atoms with Crippen LogP contribution in [0.25, 0.3) is 0 Å². The molecule has 0 aliphatic carbocycles. The second kappa shape index (κ2) is 5.47. The summed E-state index contributed by atoms with van der Waals surface area (Å²) in [6.07, 6.45) is 0.635. The van der Waals surface area contributed by atoms with Crippen LogP contribution in [0.5, 0.6) is 0 Å². The van der Waals surface area contributed by atoms with Gasteiger partial charge in [0.25, 0.3) is 0 Å². The number of carbonyl (C=O) groups excluding carboxylic acids is 2. The van der Waals surface area contributed by atoms with Gasteiger partial charge in [0.15, 0.2) is 0 Å². The Hall–Kier alpha value is -1.26. The second-order valence-electron chi connectivity index (χ2n) is 3.19. The molecule has 0 bridgehead atoms. The first-order valence-electron chi connectivity index (χ1n) is 4.44. The minimum atomic E-state index is -1.00. The van der Waals surface area contributed by atoms with E-state index in [1.807, 2.05) is 6.92 Å². The molecule has 1 atom stereocenters. The summed E-state index contributed by atoms with van der Waals surface area (Å²) >= 11 is 0. The second-order valence-corrected chi connectivity index (χ2v) is 3.19. The lowest BCUT2D eigenvalue weighted by atomic mass is 9.96. The molecule has 0 spiro atoms. The molecule has 0 aromatic rings. The highest BCUT2D eigenvalue weighted by atomic mass is 16.5. The summed E-state index contributed by atoms with van der Waals surface area (Å²) in [4.78, 5) is 22.4. The van der Waals surface area contributed by atoms with E-state index in [-0.39, 0.29) is 0 Å². The lowest BCUT2D eigenvalue weighted by Crippen LogP contribution is -2.52. The average Bonchev–Trinajstić information content (AvgIpc) is 2.16. The van der Waals surface area contributed by atoms with E-state index >= 15 is 0 Å². The highest BCUT2D eigenvalue weighted by Gasteiger charge is 2.35. The third-order valence-corrected chi connectivity index (χ3v) is 1.95. The van der Waals surface area contributed by atoms with Crippen LogP contribution in [-0.4, -0.2) is 31.8 Å². The lowest BCUT2D eigenvalue weighted by molar-refractivity contribution is -0.148. The molecule has 82 valence electrons. The third kappa shape index (κ3) is 3.24. The van der Waals surface area contributed by atoms with Gasteiger partial charge in [-0.3, -0.25) is 0 Å². The fourth-order valence-electron chi connectivity index (χ4n) is 1.22. The highest BCUT2D eigenvalue weighted by molar-refractivity contribution is 5.85. The summed E-state index contributed by atoms with van der Waals surface area (Å²) < 4.78 is 9.03. The zero-order valence-electron chi connectivity index (χ0n) is 9.05.